The molecule has 8 nitrogen and oxygen atoms in total. The summed E-state index contributed by atoms with van der Waals surface area (Å²) in [5.74, 6) is -0.222. The molecule has 0 radical (unpaired) electrons. The zero-order chi connectivity index (χ0) is 25.5. The first-order valence-electron chi connectivity index (χ1n) is 12.2. The molecule has 0 atom stereocenters. The lowest BCUT2D eigenvalue weighted by molar-refractivity contribution is -0.137. The van der Waals surface area contributed by atoms with Gasteiger partial charge in [0.15, 0.2) is 0 Å². The molecule has 1 N–H and O–H groups in total. The fourth-order valence-electron chi connectivity index (χ4n) is 4.57. The van der Waals surface area contributed by atoms with Crippen LogP contribution in [0.5, 0.6) is 0 Å². The molecule has 0 unspecified atom stereocenters. The Bertz CT molecular complexity index is 1130. The normalized spacial score (nSPS) is 17.3. The SMILES string of the molecule is CCCn1c(N2CCCCC2)c(/C=C2\SC(=S)N(CCCCCC(=O)O)C2=O)c(C)c(C#N)c1=O. The highest BCUT2D eigenvalue weighted by Gasteiger charge is 2.33. The van der Waals surface area contributed by atoms with Crippen LogP contribution in [0.1, 0.15) is 75.0 Å². The standard InChI is InChI=1S/C25H32N4O4S2/c1-3-11-28-22(27-12-7-5-8-13-27)18(17(2)19(16-26)23(28)32)15-20-24(33)29(25(34)35-20)14-9-4-6-10-21(30)31/h15H,3-14H2,1-2H3,(H,30,31)/b20-15-. The third kappa shape index (κ3) is 6.14. The first-order valence-corrected chi connectivity index (χ1v) is 13.4. The van der Waals surface area contributed by atoms with Crippen LogP contribution >= 0.6 is 24.0 Å². The number of hydrogen-bond donors (Lipinski definition) is 1. The molecular formula is C25H32N4O4S2. The quantitative estimate of drug-likeness (QED) is 0.279. The number of thioether (sulfide) groups is 1. The number of thiocarbonyl (C=S) groups is 1. The predicted octanol–water partition coefficient (Wildman–Crippen LogP) is 4.27. The smallest absolute Gasteiger partial charge is 0.303 e. The molecule has 0 aromatic carbocycles. The highest BCUT2D eigenvalue weighted by molar-refractivity contribution is 8.26. The lowest BCUT2D eigenvalue weighted by atomic mass is 10.0. The molecule has 1 amide bonds. The summed E-state index contributed by atoms with van der Waals surface area (Å²) < 4.78 is 2.17. The summed E-state index contributed by atoms with van der Waals surface area (Å²) in [5.41, 5.74) is 1.15. The van der Waals surface area contributed by atoms with Crippen molar-refractivity contribution in [2.45, 2.75) is 71.8 Å². The van der Waals surface area contributed by atoms with Gasteiger partial charge < -0.3 is 10.0 Å². The molecule has 0 bridgehead atoms. The number of carbonyl (C=O) groups is 2. The third-order valence-electron chi connectivity index (χ3n) is 6.37. The molecule has 10 heteroatoms. The molecule has 2 saturated heterocycles. The fourth-order valence-corrected chi connectivity index (χ4v) is 5.86. The minimum absolute atomic E-state index is 0.111. The number of unbranched alkanes of at least 4 members (excludes halogenated alkanes) is 2. The number of piperidine rings is 1. The van der Waals surface area contributed by atoms with Crippen molar-refractivity contribution >= 4 is 52.1 Å². The largest absolute Gasteiger partial charge is 0.481 e. The topological polar surface area (TPSA) is 107 Å². The van der Waals surface area contributed by atoms with Crippen LogP contribution in [0, 0.1) is 18.3 Å². The van der Waals surface area contributed by atoms with E-state index in [0.717, 1.165) is 50.2 Å². The number of hydrogen-bond acceptors (Lipinski definition) is 7. The molecule has 35 heavy (non-hydrogen) atoms. The molecular weight excluding hydrogens is 484 g/mol. The Morgan fingerprint density at radius 2 is 1.89 bits per heavy atom. The summed E-state index contributed by atoms with van der Waals surface area (Å²) in [6, 6.07) is 2.08. The molecule has 0 saturated carbocycles. The Morgan fingerprint density at radius 3 is 2.51 bits per heavy atom. The summed E-state index contributed by atoms with van der Waals surface area (Å²) in [5, 5.41) is 18.5. The van der Waals surface area contributed by atoms with E-state index >= 15 is 0 Å². The van der Waals surface area contributed by atoms with Crippen LogP contribution in [0.4, 0.5) is 5.82 Å². The van der Waals surface area contributed by atoms with E-state index in [2.05, 4.69) is 11.0 Å². The van der Waals surface area contributed by atoms with Crippen molar-refractivity contribution in [3.63, 3.8) is 0 Å². The summed E-state index contributed by atoms with van der Waals surface area (Å²) >= 11 is 6.71. The number of carbonyl (C=O) groups excluding carboxylic acids is 1. The van der Waals surface area contributed by atoms with E-state index in [4.69, 9.17) is 17.3 Å². The first kappa shape index (κ1) is 27.0. The summed E-state index contributed by atoms with van der Waals surface area (Å²) in [6.45, 7) is 6.37. The van der Waals surface area contributed by atoms with Gasteiger partial charge in [0.1, 0.15) is 21.8 Å². The number of pyridine rings is 1. The number of aromatic nitrogens is 1. The van der Waals surface area contributed by atoms with Gasteiger partial charge in [-0.15, -0.1) is 0 Å². The van der Waals surface area contributed by atoms with Crippen molar-refractivity contribution in [3.8, 4) is 6.07 Å². The molecule has 2 fully saturated rings. The second-order valence-corrected chi connectivity index (χ2v) is 10.6. The van der Waals surface area contributed by atoms with Crippen LogP contribution in [0.2, 0.25) is 0 Å². The summed E-state index contributed by atoms with van der Waals surface area (Å²) in [7, 11) is 0. The second kappa shape index (κ2) is 12.4. The van der Waals surface area contributed by atoms with E-state index in [9.17, 15) is 19.6 Å². The summed E-state index contributed by atoms with van der Waals surface area (Å²) in [4.78, 5) is 41.4. The molecule has 1 aromatic rings. The van der Waals surface area contributed by atoms with Gasteiger partial charge in [-0.05, 0) is 57.1 Å². The average molecular weight is 517 g/mol. The Hall–Kier alpha value is -2.64. The third-order valence-corrected chi connectivity index (χ3v) is 7.75. The first-order chi connectivity index (χ1) is 16.8. The Labute approximate surface area is 215 Å². The van der Waals surface area contributed by atoms with Gasteiger partial charge in [-0.3, -0.25) is 23.9 Å². The number of anilines is 1. The van der Waals surface area contributed by atoms with Crippen molar-refractivity contribution < 1.29 is 14.7 Å². The van der Waals surface area contributed by atoms with E-state index in [1.807, 2.05) is 6.92 Å². The van der Waals surface area contributed by atoms with Gasteiger partial charge in [-0.2, -0.15) is 5.26 Å². The maximum Gasteiger partial charge on any atom is 0.303 e. The van der Waals surface area contributed by atoms with Crippen molar-refractivity contribution in [2.75, 3.05) is 24.5 Å². The minimum Gasteiger partial charge on any atom is -0.481 e. The molecule has 0 aliphatic carbocycles. The van der Waals surface area contributed by atoms with Gasteiger partial charge in [0, 0.05) is 38.2 Å². The molecule has 3 rings (SSSR count). The van der Waals surface area contributed by atoms with E-state index in [-0.39, 0.29) is 23.5 Å². The van der Waals surface area contributed by atoms with Crippen molar-refractivity contribution in [3.05, 3.63) is 31.9 Å². The predicted molar refractivity (Wildman–Crippen MR) is 142 cm³/mol. The number of nitrogens with zero attached hydrogens (tertiary/aromatic N) is 4. The van der Waals surface area contributed by atoms with Crippen LogP contribution in [0.25, 0.3) is 6.08 Å². The van der Waals surface area contributed by atoms with Crippen molar-refractivity contribution in [1.29, 1.82) is 5.26 Å². The van der Waals surface area contributed by atoms with Crippen LogP contribution in [-0.2, 0) is 16.1 Å². The number of rotatable bonds is 10. The Balaban J connectivity index is 1.98. The number of aliphatic carboxylic acids is 1. The fraction of sp³-hybridized carbons (Fsp3) is 0.560. The van der Waals surface area contributed by atoms with E-state index < -0.39 is 5.97 Å². The zero-order valence-electron chi connectivity index (χ0n) is 20.3. The van der Waals surface area contributed by atoms with E-state index in [0.29, 0.717) is 47.1 Å². The summed E-state index contributed by atoms with van der Waals surface area (Å²) in [6.07, 6.45) is 7.81. The maximum absolute atomic E-state index is 13.2. The Morgan fingerprint density at radius 1 is 1.17 bits per heavy atom. The molecule has 2 aliphatic heterocycles. The van der Waals surface area contributed by atoms with Crippen LogP contribution in [0.3, 0.4) is 0 Å². The van der Waals surface area contributed by atoms with Gasteiger partial charge in [0.2, 0.25) is 0 Å². The lowest BCUT2D eigenvalue weighted by Crippen LogP contribution is -2.37. The molecule has 0 spiro atoms. The maximum atomic E-state index is 13.2. The highest BCUT2D eigenvalue weighted by atomic mass is 32.2. The van der Waals surface area contributed by atoms with Crippen molar-refractivity contribution in [1.82, 2.24) is 9.47 Å². The Kier molecular flexibility index (Phi) is 9.52. The van der Waals surface area contributed by atoms with Gasteiger partial charge in [-0.25, -0.2) is 0 Å². The average Bonchev–Trinajstić information content (AvgIpc) is 3.10. The zero-order valence-corrected chi connectivity index (χ0v) is 22.0. The molecule has 2 aliphatic rings. The molecule has 3 heterocycles. The number of nitriles is 1. The monoisotopic (exact) mass is 516 g/mol. The van der Waals surface area contributed by atoms with E-state index in [1.54, 1.807) is 22.5 Å². The molecule has 1 aromatic heterocycles. The van der Waals surface area contributed by atoms with Crippen LogP contribution < -0.4 is 10.5 Å². The minimum atomic E-state index is -0.820. The number of carboxylic acid groups (broad SMARTS) is 1. The van der Waals surface area contributed by atoms with Gasteiger partial charge in [0.25, 0.3) is 11.5 Å². The second-order valence-electron chi connectivity index (χ2n) is 8.89. The van der Waals surface area contributed by atoms with Gasteiger partial charge >= 0.3 is 5.97 Å². The number of carboxylic acids is 1. The molecule has 188 valence electrons. The van der Waals surface area contributed by atoms with Crippen LogP contribution in [0.15, 0.2) is 9.70 Å². The van der Waals surface area contributed by atoms with Gasteiger partial charge in [0.05, 0.1) is 4.91 Å². The highest BCUT2D eigenvalue weighted by Crippen LogP contribution is 2.36. The van der Waals surface area contributed by atoms with Crippen LogP contribution in [-0.4, -0.2) is 50.4 Å². The number of amides is 1. The van der Waals surface area contributed by atoms with E-state index in [1.165, 1.54) is 11.8 Å². The lowest BCUT2D eigenvalue weighted by Gasteiger charge is -2.33. The van der Waals surface area contributed by atoms with Crippen molar-refractivity contribution in [2.24, 2.45) is 0 Å². The van der Waals surface area contributed by atoms with Gasteiger partial charge in [-0.1, -0.05) is 37.3 Å².